The van der Waals surface area contributed by atoms with Crippen molar-refractivity contribution in [2.75, 3.05) is 13.6 Å². The fourth-order valence-electron chi connectivity index (χ4n) is 2.07. The number of nitrogens with zero attached hydrogens (tertiary/aromatic N) is 1. The fourth-order valence-corrected chi connectivity index (χ4v) is 2.07. The molecule has 1 aliphatic carbocycles. The summed E-state index contributed by atoms with van der Waals surface area (Å²) in [4.78, 5) is 13.8. The van der Waals surface area contributed by atoms with Crippen molar-refractivity contribution < 1.29 is 4.79 Å². The maximum absolute atomic E-state index is 12.0. The Balaban J connectivity index is 2.45. The first kappa shape index (κ1) is 12.5. The monoisotopic (exact) mass is 212 g/mol. The van der Waals surface area contributed by atoms with Crippen LogP contribution < -0.4 is 5.73 Å². The molecule has 3 nitrogen and oxygen atoms in total. The molecule has 88 valence electrons. The summed E-state index contributed by atoms with van der Waals surface area (Å²) in [5, 5.41) is 0. The summed E-state index contributed by atoms with van der Waals surface area (Å²) in [6.07, 6.45) is 5.75. The highest BCUT2D eigenvalue weighted by Crippen LogP contribution is 2.28. The van der Waals surface area contributed by atoms with E-state index in [1.165, 1.54) is 25.7 Å². The number of carbonyl (C=O) groups is 1. The number of hydrogen-bond donors (Lipinski definition) is 1. The van der Waals surface area contributed by atoms with Crippen molar-refractivity contribution in [2.24, 2.45) is 11.7 Å². The Morgan fingerprint density at radius 3 is 2.40 bits per heavy atom. The lowest BCUT2D eigenvalue weighted by molar-refractivity contribution is -0.135. The van der Waals surface area contributed by atoms with Crippen LogP contribution >= 0.6 is 0 Å². The van der Waals surface area contributed by atoms with Gasteiger partial charge in [-0.15, -0.1) is 0 Å². The Bertz CT molecular complexity index is 220. The second-order valence-corrected chi connectivity index (χ2v) is 5.32. The molecule has 0 atom stereocenters. The van der Waals surface area contributed by atoms with Gasteiger partial charge < -0.3 is 10.6 Å². The second-order valence-electron chi connectivity index (χ2n) is 5.32. The molecule has 0 spiro atoms. The molecule has 1 rings (SSSR count). The molecule has 0 aromatic carbocycles. The molecule has 0 saturated heterocycles. The quantitative estimate of drug-likeness (QED) is 0.772. The summed E-state index contributed by atoms with van der Waals surface area (Å²) in [6, 6.07) is 0. The summed E-state index contributed by atoms with van der Waals surface area (Å²) < 4.78 is 0. The average Bonchev–Trinajstić information content (AvgIpc) is 2.69. The predicted octanol–water partition coefficient (Wildman–Crippen LogP) is 1.76. The fraction of sp³-hybridized carbons (Fsp3) is 0.917. The molecular weight excluding hydrogens is 188 g/mol. The topological polar surface area (TPSA) is 46.3 Å². The van der Waals surface area contributed by atoms with Crippen molar-refractivity contribution in [3.8, 4) is 0 Å². The Hall–Kier alpha value is -0.570. The lowest BCUT2D eigenvalue weighted by Crippen LogP contribution is -2.50. The third-order valence-electron chi connectivity index (χ3n) is 3.72. The lowest BCUT2D eigenvalue weighted by atomic mass is 9.99. The first-order chi connectivity index (χ1) is 6.97. The first-order valence-corrected chi connectivity index (χ1v) is 5.94. The SMILES string of the molecule is CN(C(=O)CC1CCCC1)C(C)(C)CN. The number of carbonyl (C=O) groups excluding carboxylic acids is 1. The van der Waals surface area contributed by atoms with Crippen LogP contribution in [-0.2, 0) is 4.79 Å². The molecular formula is C12H24N2O. The average molecular weight is 212 g/mol. The van der Waals surface area contributed by atoms with Gasteiger partial charge >= 0.3 is 0 Å². The minimum Gasteiger partial charge on any atom is -0.339 e. The molecule has 0 unspecified atom stereocenters. The highest BCUT2D eigenvalue weighted by Gasteiger charge is 2.28. The van der Waals surface area contributed by atoms with Crippen molar-refractivity contribution >= 4 is 5.91 Å². The molecule has 0 radical (unpaired) electrons. The third-order valence-corrected chi connectivity index (χ3v) is 3.72. The van der Waals surface area contributed by atoms with E-state index in [2.05, 4.69) is 0 Å². The van der Waals surface area contributed by atoms with E-state index in [0.29, 0.717) is 18.9 Å². The van der Waals surface area contributed by atoms with E-state index in [0.717, 1.165) is 0 Å². The summed E-state index contributed by atoms with van der Waals surface area (Å²) in [6.45, 7) is 4.54. The van der Waals surface area contributed by atoms with Gasteiger partial charge in [0, 0.05) is 25.6 Å². The molecule has 2 N–H and O–H groups in total. The maximum Gasteiger partial charge on any atom is 0.223 e. The van der Waals surface area contributed by atoms with E-state index in [1.807, 2.05) is 25.8 Å². The summed E-state index contributed by atoms with van der Waals surface area (Å²) in [7, 11) is 1.87. The molecule has 0 heterocycles. The Morgan fingerprint density at radius 1 is 1.40 bits per heavy atom. The van der Waals surface area contributed by atoms with Crippen LogP contribution in [0.3, 0.4) is 0 Å². The highest BCUT2D eigenvalue weighted by atomic mass is 16.2. The Kier molecular flexibility index (Phi) is 4.14. The smallest absolute Gasteiger partial charge is 0.223 e. The van der Waals surface area contributed by atoms with Gasteiger partial charge in [0.05, 0.1) is 0 Å². The Morgan fingerprint density at radius 2 is 1.93 bits per heavy atom. The second kappa shape index (κ2) is 4.97. The number of hydrogen-bond acceptors (Lipinski definition) is 2. The van der Waals surface area contributed by atoms with Gasteiger partial charge in [0.1, 0.15) is 0 Å². The number of likely N-dealkylation sites (N-methyl/N-ethyl adjacent to an activating group) is 1. The van der Waals surface area contributed by atoms with Crippen molar-refractivity contribution in [1.82, 2.24) is 4.90 Å². The van der Waals surface area contributed by atoms with E-state index < -0.39 is 0 Å². The van der Waals surface area contributed by atoms with Crippen molar-refractivity contribution in [3.05, 3.63) is 0 Å². The predicted molar refractivity (Wildman–Crippen MR) is 62.5 cm³/mol. The maximum atomic E-state index is 12.0. The minimum atomic E-state index is -0.213. The van der Waals surface area contributed by atoms with E-state index in [9.17, 15) is 4.79 Å². The van der Waals surface area contributed by atoms with Crippen LogP contribution in [0, 0.1) is 5.92 Å². The van der Waals surface area contributed by atoms with Gasteiger partial charge in [0.15, 0.2) is 0 Å². The summed E-state index contributed by atoms with van der Waals surface area (Å²) >= 11 is 0. The number of rotatable bonds is 4. The molecule has 1 saturated carbocycles. The first-order valence-electron chi connectivity index (χ1n) is 5.94. The van der Waals surface area contributed by atoms with Gasteiger partial charge in [0.2, 0.25) is 5.91 Å². The molecule has 1 fully saturated rings. The molecule has 0 bridgehead atoms. The van der Waals surface area contributed by atoms with Crippen molar-refractivity contribution in [2.45, 2.75) is 51.5 Å². The summed E-state index contributed by atoms with van der Waals surface area (Å²) in [5.74, 6) is 0.867. The van der Waals surface area contributed by atoms with Gasteiger partial charge in [-0.05, 0) is 32.6 Å². The largest absolute Gasteiger partial charge is 0.339 e. The van der Waals surface area contributed by atoms with Crippen LogP contribution in [0.2, 0.25) is 0 Å². The van der Waals surface area contributed by atoms with Gasteiger partial charge in [-0.1, -0.05) is 12.8 Å². The van der Waals surface area contributed by atoms with Gasteiger partial charge in [-0.3, -0.25) is 4.79 Å². The molecule has 15 heavy (non-hydrogen) atoms. The molecule has 3 heteroatoms. The van der Waals surface area contributed by atoms with Crippen LogP contribution in [0.4, 0.5) is 0 Å². The number of nitrogens with two attached hydrogens (primary N) is 1. The van der Waals surface area contributed by atoms with Gasteiger partial charge in [-0.25, -0.2) is 0 Å². The molecule has 0 aromatic heterocycles. The lowest BCUT2D eigenvalue weighted by Gasteiger charge is -2.35. The number of amides is 1. The van der Waals surface area contributed by atoms with E-state index >= 15 is 0 Å². The zero-order valence-corrected chi connectivity index (χ0v) is 10.3. The van der Waals surface area contributed by atoms with E-state index in [-0.39, 0.29) is 11.4 Å². The molecule has 1 aliphatic rings. The minimum absolute atomic E-state index is 0.213. The van der Waals surface area contributed by atoms with Gasteiger partial charge in [0.25, 0.3) is 0 Å². The van der Waals surface area contributed by atoms with Crippen LogP contribution in [-0.4, -0.2) is 29.9 Å². The van der Waals surface area contributed by atoms with Crippen LogP contribution in [0.5, 0.6) is 0 Å². The van der Waals surface area contributed by atoms with Crippen molar-refractivity contribution in [3.63, 3.8) is 0 Å². The van der Waals surface area contributed by atoms with Crippen LogP contribution in [0.1, 0.15) is 46.0 Å². The Labute approximate surface area is 93.0 Å². The molecule has 0 aliphatic heterocycles. The van der Waals surface area contributed by atoms with Gasteiger partial charge in [-0.2, -0.15) is 0 Å². The van der Waals surface area contributed by atoms with E-state index in [1.54, 1.807) is 0 Å². The zero-order valence-electron chi connectivity index (χ0n) is 10.3. The van der Waals surface area contributed by atoms with Crippen LogP contribution in [0.15, 0.2) is 0 Å². The zero-order chi connectivity index (χ0) is 11.5. The highest BCUT2D eigenvalue weighted by molar-refractivity contribution is 5.77. The van der Waals surface area contributed by atoms with Crippen LogP contribution in [0.25, 0.3) is 0 Å². The molecule has 0 aromatic rings. The standard InChI is InChI=1S/C12H24N2O/c1-12(2,9-13)14(3)11(15)8-10-6-4-5-7-10/h10H,4-9,13H2,1-3H3. The third kappa shape index (κ3) is 3.20. The normalized spacial score (nSPS) is 18.1. The summed E-state index contributed by atoms with van der Waals surface area (Å²) in [5.41, 5.74) is 5.45. The van der Waals surface area contributed by atoms with Crippen molar-refractivity contribution in [1.29, 1.82) is 0 Å². The molecule has 1 amide bonds. The van der Waals surface area contributed by atoms with E-state index in [4.69, 9.17) is 5.73 Å².